The van der Waals surface area contributed by atoms with Gasteiger partial charge in [-0.1, -0.05) is 29.8 Å². The molecule has 8 heteroatoms. The van der Waals surface area contributed by atoms with Crippen molar-refractivity contribution in [2.45, 2.75) is 0 Å². The van der Waals surface area contributed by atoms with Gasteiger partial charge in [0.05, 0.1) is 13.3 Å². The topological polar surface area (TPSA) is 92.3 Å². The van der Waals surface area contributed by atoms with E-state index in [1.807, 2.05) is 18.2 Å². The Labute approximate surface area is 148 Å². The summed E-state index contributed by atoms with van der Waals surface area (Å²) in [5.41, 5.74) is 3.83. The zero-order chi connectivity index (χ0) is 17.6. The van der Waals surface area contributed by atoms with Gasteiger partial charge in [-0.05, 0) is 30.3 Å². The van der Waals surface area contributed by atoms with Crippen LogP contribution in [-0.4, -0.2) is 28.5 Å². The van der Waals surface area contributed by atoms with E-state index in [9.17, 15) is 4.79 Å². The van der Waals surface area contributed by atoms with Crippen LogP contribution >= 0.6 is 11.6 Å². The maximum absolute atomic E-state index is 12.2. The lowest BCUT2D eigenvalue weighted by molar-refractivity contribution is 0.415. The first-order valence-electron chi connectivity index (χ1n) is 7.32. The molecule has 0 atom stereocenters. The van der Waals surface area contributed by atoms with Crippen molar-refractivity contribution in [3.8, 4) is 17.0 Å². The van der Waals surface area contributed by atoms with E-state index in [1.165, 1.54) is 6.21 Å². The molecular weight excluding hydrogens is 342 g/mol. The summed E-state index contributed by atoms with van der Waals surface area (Å²) in [6.45, 7) is 0. The van der Waals surface area contributed by atoms with Gasteiger partial charge in [0.15, 0.2) is 5.69 Å². The van der Waals surface area contributed by atoms with E-state index >= 15 is 0 Å². The molecule has 0 bridgehead atoms. The SMILES string of the molecule is COc1ccc(-c2nnc(N/N=C/c3ccccc3Cl)[nH]c2=O)cc1. The number of anilines is 1. The lowest BCUT2D eigenvalue weighted by Gasteiger charge is -2.03. The predicted octanol–water partition coefficient (Wildman–Crippen LogP) is 2.94. The molecule has 0 saturated carbocycles. The van der Waals surface area contributed by atoms with Gasteiger partial charge >= 0.3 is 0 Å². The summed E-state index contributed by atoms with van der Waals surface area (Å²) >= 11 is 6.03. The Morgan fingerprint density at radius 1 is 1.16 bits per heavy atom. The molecule has 0 radical (unpaired) electrons. The zero-order valence-electron chi connectivity index (χ0n) is 13.2. The fourth-order valence-corrected chi connectivity index (χ4v) is 2.25. The number of methoxy groups -OCH3 is 1. The Hall–Kier alpha value is -3.19. The maximum atomic E-state index is 12.2. The van der Waals surface area contributed by atoms with Crippen LogP contribution in [0.4, 0.5) is 5.95 Å². The smallest absolute Gasteiger partial charge is 0.279 e. The summed E-state index contributed by atoms with van der Waals surface area (Å²) < 4.78 is 5.09. The number of nitrogens with zero attached hydrogens (tertiary/aromatic N) is 3. The van der Waals surface area contributed by atoms with Crippen molar-refractivity contribution in [2.24, 2.45) is 5.10 Å². The highest BCUT2D eigenvalue weighted by Crippen LogP contribution is 2.17. The molecule has 25 heavy (non-hydrogen) atoms. The first kappa shape index (κ1) is 16.7. The number of aromatic nitrogens is 3. The minimum Gasteiger partial charge on any atom is -0.497 e. The Balaban J connectivity index is 1.75. The number of hydrogen-bond donors (Lipinski definition) is 2. The van der Waals surface area contributed by atoms with Crippen LogP contribution in [0, 0.1) is 0 Å². The van der Waals surface area contributed by atoms with Gasteiger partial charge in [0.2, 0.25) is 5.95 Å². The molecule has 3 rings (SSSR count). The molecule has 0 amide bonds. The van der Waals surface area contributed by atoms with Crippen molar-refractivity contribution in [1.82, 2.24) is 15.2 Å². The second-order valence-electron chi connectivity index (χ2n) is 4.97. The Morgan fingerprint density at radius 2 is 1.92 bits per heavy atom. The minimum absolute atomic E-state index is 0.130. The standard InChI is InChI=1S/C17H14ClN5O2/c1-25-13-8-6-11(7-9-13)15-16(24)20-17(23-21-15)22-19-10-12-4-2-3-5-14(12)18/h2-10H,1H3,(H2,20,22,23,24)/b19-10+. The average Bonchev–Trinajstić information content (AvgIpc) is 2.64. The number of benzene rings is 2. The molecule has 0 aliphatic carbocycles. The summed E-state index contributed by atoms with van der Waals surface area (Å²) in [6.07, 6.45) is 1.53. The van der Waals surface area contributed by atoms with E-state index < -0.39 is 0 Å². The molecule has 2 N–H and O–H groups in total. The summed E-state index contributed by atoms with van der Waals surface area (Å²) in [7, 11) is 1.57. The van der Waals surface area contributed by atoms with Crippen LogP contribution in [0.2, 0.25) is 5.02 Å². The van der Waals surface area contributed by atoms with Crippen LogP contribution in [0.5, 0.6) is 5.75 Å². The van der Waals surface area contributed by atoms with E-state index in [-0.39, 0.29) is 17.2 Å². The molecule has 0 fully saturated rings. The third-order valence-electron chi connectivity index (χ3n) is 3.34. The molecular formula is C17H14ClN5O2. The van der Waals surface area contributed by atoms with E-state index in [1.54, 1.807) is 37.4 Å². The highest BCUT2D eigenvalue weighted by atomic mass is 35.5. The number of ether oxygens (including phenoxy) is 1. The highest BCUT2D eigenvalue weighted by Gasteiger charge is 2.07. The number of halogens is 1. The van der Waals surface area contributed by atoms with Crippen molar-refractivity contribution < 1.29 is 4.74 Å². The van der Waals surface area contributed by atoms with Gasteiger partial charge in [0.25, 0.3) is 5.56 Å². The lowest BCUT2D eigenvalue weighted by atomic mass is 10.1. The number of hydrogen-bond acceptors (Lipinski definition) is 6. The Kier molecular flexibility index (Phi) is 5.06. The summed E-state index contributed by atoms with van der Waals surface area (Å²) in [6, 6.07) is 14.2. The van der Waals surface area contributed by atoms with Crippen molar-refractivity contribution >= 4 is 23.8 Å². The third-order valence-corrected chi connectivity index (χ3v) is 3.68. The number of aromatic amines is 1. The van der Waals surface area contributed by atoms with Crippen LogP contribution in [0.1, 0.15) is 5.56 Å². The van der Waals surface area contributed by atoms with Gasteiger partial charge in [0.1, 0.15) is 5.75 Å². The molecule has 1 aromatic heterocycles. The van der Waals surface area contributed by atoms with Gasteiger partial charge in [-0.15, -0.1) is 10.2 Å². The van der Waals surface area contributed by atoms with Gasteiger partial charge in [-0.2, -0.15) is 5.10 Å². The first-order chi connectivity index (χ1) is 12.2. The Morgan fingerprint density at radius 3 is 2.60 bits per heavy atom. The maximum Gasteiger partial charge on any atom is 0.279 e. The van der Waals surface area contributed by atoms with Gasteiger partial charge < -0.3 is 4.74 Å². The van der Waals surface area contributed by atoms with Crippen molar-refractivity contribution in [1.29, 1.82) is 0 Å². The van der Waals surface area contributed by atoms with E-state index in [2.05, 4.69) is 25.7 Å². The third kappa shape index (κ3) is 4.02. The molecule has 0 unspecified atom stereocenters. The van der Waals surface area contributed by atoms with Gasteiger partial charge in [-0.3, -0.25) is 9.78 Å². The zero-order valence-corrected chi connectivity index (χ0v) is 14.0. The molecule has 7 nitrogen and oxygen atoms in total. The highest BCUT2D eigenvalue weighted by molar-refractivity contribution is 6.33. The fraction of sp³-hybridized carbons (Fsp3) is 0.0588. The van der Waals surface area contributed by atoms with Crippen LogP contribution < -0.4 is 15.7 Å². The normalized spacial score (nSPS) is 10.8. The van der Waals surface area contributed by atoms with Gasteiger partial charge in [0, 0.05) is 16.1 Å². The second-order valence-corrected chi connectivity index (χ2v) is 5.38. The van der Waals surface area contributed by atoms with E-state index in [0.717, 1.165) is 5.56 Å². The van der Waals surface area contributed by atoms with Crippen LogP contribution in [0.3, 0.4) is 0 Å². The lowest BCUT2D eigenvalue weighted by Crippen LogP contribution is -2.15. The second kappa shape index (κ2) is 7.59. The predicted molar refractivity (Wildman–Crippen MR) is 97.3 cm³/mol. The molecule has 0 aliphatic rings. The molecule has 3 aromatic rings. The Bertz CT molecular complexity index is 954. The summed E-state index contributed by atoms with van der Waals surface area (Å²) in [5.74, 6) is 0.825. The van der Waals surface area contributed by atoms with Crippen molar-refractivity contribution in [3.63, 3.8) is 0 Å². The van der Waals surface area contributed by atoms with Crippen molar-refractivity contribution in [2.75, 3.05) is 12.5 Å². The number of hydrazone groups is 1. The van der Waals surface area contributed by atoms with Gasteiger partial charge in [-0.25, -0.2) is 5.43 Å². The van der Waals surface area contributed by atoms with Crippen LogP contribution in [-0.2, 0) is 0 Å². The van der Waals surface area contributed by atoms with Crippen LogP contribution in [0.25, 0.3) is 11.3 Å². The van der Waals surface area contributed by atoms with Crippen LogP contribution in [0.15, 0.2) is 58.4 Å². The monoisotopic (exact) mass is 355 g/mol. The summed E-state index contributed by atoms with van der Waals surface area (Å²) in [5, 5.41) is 12.4. The molecule has 0 saturated heterocycles. The molecule has 0 aliphatic heterocycles. The number of nitrogens with one attached hydrogen (secondary N) is 2. The first-order valence-corrected chi connectivity index (χ1v) is 7.70. The number of H-pyrrole nitrogens is 1. The molecule has 126 valence electrons. The molecule has 2 aromatic carbocycles. The minimum atomic E-state index is -0.379. The molecule has 0 spiro atoms. The average molecular weight is 356 g/mol. The number of rotatable bonds is 5. The van der Waals surface area contributed by atoms with Crippen molar-refractivity contribution in [3.05, 3.63) is 69.5 Å². The quantitative estimate of drug-likeness (QED) is 0.542. The molecule has 1 heterocycles. The fourth-order valence-electron chi connectivity index (χ4n) is 2.07. The largest absolute Gasteiger partial charge is 0.497 e. The van der Waals surface area contributed by atoms with E-state index in [4.69, 9.17) is 16.3 Å². The van der Waals surface area contributed by atoms with E-state index in [0.29, 0.717) is 16.3 Å². The summed E-state index contributed by atoms with van der Waals surface area (Å²) in [4.78, 5) is 14.8.